The number of aryl methyl sites for hydroxylation is 1. The molecule has 0 radical (unpaired) electrons. The summed E-state index contributed by atoms with van der Waals surface area (Å²) in [5.74, 6) is 0.412. The number of nitrogens with two attached hydrogens (primary N) is 1. The number of hydrogen-bond acceptors (Lipinski definition) is 4. The maximum absolute atomic E-state index is 10.6. The Kier molecular flexibility index (Phi) is 5.76. The van der Waals surface area contributed by atoms with Crippen molar-refractivity contribution in [2.75, 3.05) is 17.7 Å². The van der Waals surface area contributed by atoms with E-state index in [9.17, 15) is 9.59 Å². The maximum Gasteiger partial charge on any atom is 0.248 e. The van der Waals surface area contributed by atoms with E-state index in [0.29, 0.717) is 17.7 Å². The molecule has 5 N–H and O–H groups in total. The van der Waals surface area contributed by atoms with Crippen molar-refractivity contribution in [1.29, 1.82) is 0 Å². The van der Waals surface area contributed by atoms with Gasteiger partial charge in [0.1, 0.15) is 5.82 Å². The lowest BCUT2D eigenvalue weighted by Gasteiger charge is -1.98. The van der Waals surface area contributed by atoms with Crippen LogP contribution in [0.5, 0.6) is 0 Å². The minimum Gasteiger partial charge on any atom is -0.372 e. The smallest absolute Gasteiger partial charge is 0.248 e. The second-order valence-corrected chi connectivity index (χ2v) is 3.89. The Morgan fingerprint density at radius 1 is 1.35 bits per heavy atom. The molecule has 1 heterocycles. The lowest BCUT2D eigenvalue weighted by Crippen LogP contribution is -2.10. The van der Waals surface area contributed by atoms with Crippen LogP contribution in [0, 0.1) is 6.92 Å². The summed E-state index contributed by atoms with van der Waals surface area (Å²) in [6.45, 7) is 1.97. The van der Waals surface area contributed by atoms with Gasteiger partial charge in [-0.25, -0.2) is 0 Å². The first-order valence-corrected chi connectivity index (χ1v) is 5.86. The minimum absolute atomic E-state index is 0.423. The van der Waals surface area contributed by atoms with Crippen LogP contribution in [0.3, 0.4) is 0 Å². The number of primary amides is 1. The summed E-state index contributed by atoms with van der Waals surface area (Å²) in [6, 6.07) is 8.26. The van der Waals surface area contributed by atoms with Crippen molar-refractivity contribution in [3.05, 3.63) is 41.6 Å². The van der Waals surface area contributed by atoms with Crippen molar-refractivity contribution in [2.24, 2.45) is 5.73 Å². The van der Waals surface area contributed by atoms with Crippen LogP contribution < -0.4 is 16.4 Å². The number of aromatic amines is 1. The van der Waals surface area contributed by atoms with Crippen LogP contribution in [0.4, 0.5) is 11.5 Å². The van der Waals surface area contributed by atoms with E-state index in [2.05, 4.69) is 20.8 Å². The zero-order valence-electron chi connectivity index (χ0n) is 11.3. The van der Waals surface area contributed by atoms with E-state index >= 15 is 0 Å². The van der Waals surface area contributed by atoms with Gasteiger partial charge >= 0.3 is 0 Å². The molecule has 0 aliphatic rings. The summed E-state index contributed by atoms with van der Waals surface area (Å²) in [4.78, 5) is 20.6. The second-order valence-electron chi connectivity index (χ2n) is 3.89. The van der Waals surface area contributed by atoms with Gasteiger partial charge < -0.3 is 16.4 Å². The van der Waals surface area contributed by atoms with Gasteiger partial charge in [0.05, 0.1) is 0 Å². The Bertz CT molecular complexity index is 562. The Morgan fingerprint density at radius 3 is 2.35 bits per heavy atom. The summed E-state index contributed by atoms with van der Waals surface area (Å²) in [6.07, 6.45) is 0.569. The fourth-order valence-corrected chi connectivity index (χ4v) is 1.34. The molecule has 1 aromatic heterocycles. The first kappa shape index (κ1) is 15.2. The SMILES string of the molecule is CNc1cc(C)[nH]n1.NC(=O)c1ccc(NC=O)cc1. The second kappa shape index (κ2) is 7.57. The zero-order chi connectivity index (χ0) is 15.0. The van der Waals surface area contributed by atoms with Gasteiger partial charge in [-0.15, -0.1) is 0 Å². The molecule has 0 bridgehead atoms. The van der Waals surface area contributed by atoms with Crippen LogP contribution in [0.25, 0.3) is 0 Å². The fourth-order valence-electron chi connectivity index (χ4n) is 1.34. The van der Waals surface area contributed by atoms with E-state index < -0.39 is 5.91 Å². The average molecular weight is 275 g/mol. The van der Waals surface area contributed by atoms with Crippen molar-refractivity contribution >= 4 is 23.8 Å². The topological polar surface area (TPSA) is 113 Å². The van der Waals surface area contributed by atoms with Crippen LogP contribution in [0.1, 0.15) is 16.1 Å². The summed E-state index contributed by atoms with van der Waals surface area (Å²) < 4.78 is 0. The molecule has 0 spiro atoms. The molecule has 20 heavy (non-hydrogen) atoms. The monoisotopic (exact) mass is 275 g/mol. The Balaban J connectivity index is 0.000000217. The van der Waals surface area contributed by atoms with Gasteiger partial charge in [-0.1, -0.05) is 0 Å². The van der Waals surface area contributed by atoms with E-state index in [1.54, 1.807) is 24.3 Å². The number of nitrogens with zero attached hydrogens (tertiary/aromatic N) is 1. The molecule has 2 amide bonds. The van der Waals surface area contributed by atoms with Crippen molar-refractivity contribution in [3.8, 4) is 0 Å². The molecule has 0 unspecified atom stereocenters. The van der Waals surface area contributed by atoms with Gasteiger partial charge in [-0.3, -0.25) is 14.7 Å². The number of H-pyrrole nitrogens is 1. The number of nitrogens with one attached hydrogen (secondary N) is 3. The number of amides is 2. The molecule has 0 atom stereocenters. The summed E-state index contributed by atoms with van der Waals surface area (Å²) >= 11 is 0. The van der Waals surface area contributed by atoms with E-state index in [1.165, 1.54) is 0 Å². The van der Waals surface area contributed by atoms with E-state index in [4.69, 9.17) is 5.73 Å². The summed E-state index contributed by atoms with van der Waals surface area (Å²) in [5.41, 5.74) is 7.14. The molecule has 0 aliphatic carbocycles. The van der Waals surface area contributed by atoms with Crippen LogP contribution in [0.15, 0.2) is 30.3 Å². The highest BCUT2D eigenvalue weighted by atomic mass is 16.1. The molecular weight excluding hydrogens is 258 g/mol. The minimum atomic E-state index is -0.479. The van der Waals surface area contributed by atoms with Crippen molar-refractivity contribution in [3.63, 3.8) is 0 Å². The molecular formula is C13H17N5O2. The zero-order valence-corrected chi connectivity index (χ0v) is 11.3. The Hall–Kier alpha value is -2.83. The quantitative estimate of drug-likeness (QED) is 0.626. The molecule has 2 aromatic rings. The molecule has 0 saturated carbocycles. The van der Waals surface area contributed by atoms with Crippen LogP contribution in [0.2, 0.25) is 0 Å². The summed E-state index contributed by atoms with van der Waals surface area (Å²) in [7, 11) is 1.84. The van der Waals surface area contributed by atoms with Gasteiger partial charge in [0.2, 0.25) is 12.3 Å². The molecule has 1 aromatic carbocycles. The number of benzene rings is 1. The Morgan fingerprint density at radius 2 is 2.00 bits per heavy atom. The molecule has 2 rings (SSSR count). The lowest BCUT2D eigenvalue weighted by atomic mass is 10.2. The standard InChI is InChI=1S/C8H8N2O2.C5H9N3/c9-8(12)6-1-3-7(4-2-6)10-5-11;1-4-3-5(6-2)8-7-4/h1-5H,(H2,9,12)(H,10,11);3H,1-2H3,(H2,6,7,8). The number of aromatic nitrogens is 2. The number of anilines is 2. The first-order chi connectivity index (χ1) is 9.56. The van der Waals surface area contributed by atoms with Gasteiger partial charge in [0.25, 0.3) is 0 Å². The Labute approximate surface area is 116 Å². The third kappa shape index (κ3) is 4.81. The van der Waals surface area contributed by atoms with Gasteiger partial charge in [0, 0.05) is 30.1 Å². The van der Waals surface area contributed by atoms with Crippen LogP contribution >= 0.6 is 0 Å². The number of carbonyl (C=O) groups is 2. The van der Waals surface area contributed by atoms with E-state index in [1.807, 2.05) is 20.0 Å². The molecule has 7 heteroatoms. The predicted molar refractivity (Wildman–Crippen MR) is 77.5 cm³/mol. The van der Waals surface area contributed by atoms with Gasteiger partial charge in [-0.05, 0) is 31.2 Å². The highest BCUT2D eigenvalue weighted by molar-refractivity contribution is 5.93. The molecule has 0 saturated heterocycles. The fraction of sp³-hybridized carbons (Fsp3) is 0.154. The summed E-state index contributed by atoms with van der Waals surface area (Å²) in [5, 5.41) is 12.1. The van der Waals surface area contributed by atoms with E-state index in [-0.39, 0.29) is 0 Å². The molecule has 7 nitrogen and oxygen atoms in total. The maximum atomic E-state index is 10.6. The normalized spacial score (nSPS) is 9.10. The first-order valence-electron chi connectivity index (χ1n) is 5.86. The average Bonchev–Trinajstić information content (AvgIpc) is 2.86. The van der Waals surface area contributed by atoms with Crippen LogP contribution in [-0.4, -0.2) is 29.6 Å². The van der Waals surface area contributed by atoms with E-state index in [0.717, 1.165) is 11.5 Å². The molecule has 106 valence electrons. The largest absolute Gasteiger partial charge is 0.372 e. The van der Waals surface area contributed by atoms with Gasteiger partial charge in [0.15, 0.2) is 0 Å². The predicted octanol–water partition coefficient (Wildman–Crippen LogP) is 1.11. The lowest BCUT2D eigenvalue weighted by molar-refractivity contribution is -0.105. The molecule has 0 fully saturated rings. The third-order valence-corrected chi connectivity index (χ3v) is 2.36. The molecule has 0 aliphatic heterocycles. The van der Waals surface area contributed by atoms with Gasteiger partial charge in [-0.2, -0.15) is 5.10 Å². The van der Waals surface area contributed by atoms with Crippen molar-refractivity contribution < 1.29 is 9.59 Å². The highest BCUT2D eigenvalue weighted by Gasteiger charge is 1.97. The number of hydrogen-bond donors (Lipinski definition) is 4. The third-order valence-electron chi connectivity index (χ3n) is 2.36. The van der Waals surface area contributed by atoms with Crippen LogP contribution in [-0.2, 0) is 4.79 Å². The number of carbonyl (C=O) groups excluding carboxylic acids is 2. The van der Waals surface area contributed by atoms with Crippen molar-refractivity contribution in [2.45, 2.75) is 6.92 Å². The number of rotatable bonds is 4. The van der Waals surface area contributed by atoms with Crippen molar-refractivity contribution in [1.82, 2.24) is 10.2 Å². The highest BCUT2D eigenvalue weighted by Crippen LogP contribution is 2.07.